The molecule has 0 bridgehead atoms. The third kappa shape index (κ3) is 2.72. The number of rotatable bonds is 4. The standard InChI is InChI=1S/C17H17NO6S/c1-10-11(2)24-12(3)15(10)17(20)23-9-8-18-16(19)13-6-4-5-7-14(13)25(18,21)22/h4-7H,8-9H2,1-3H3. The third-order valence-corrected chi connectivity index (χ3v) is 6.05. The Balaban J connectivity index is 1.71. The molecule has 132 valence electrons. The summed E-state index contributed by atoms with van der Waals surface area (Å²) in [4.78, 5) is 24.4. The van der Waals surface area contributed by atoms with Crippen LogP contribution in [0.1, 0.15) is 37.8 Å². The topological polar surface area (TPSA) is 93.9 Å². The monoisotopic (exact) mass is 363 g/mol. The smallest absolute Gasteiger partial charge is 0.342 e. The molecule has 0 aliphatic carbocycles. The number of hydrogen-bond donors (Lipinski definition) is 0. The van der Waals surface area contributed by atoms with E-state index in [-0.39, 0.29) is 23.6 Å². The lowest BCUT2D eigenvalue weighted by Crippen LogP contribution is -2.33. The van der Waals surface area contributed by atoms with E-state index in [9.17, 15) is 18.0 Å². The molecule has 2 heterocycles. The van der Waals surface area contributed by atoms with Gasteiger partial charge in [0.25, 0.3) is 15.9 Å². The maximum Gasteiger partial charge on any atom is 0.342 e. The summed E-state index contributed by atoms with van der Waals surface area (Å²) in [5, 5.41) is 0. The van der Waals surface area contributed by atoms with E-state index in [0.29, 0.717) is 22.6 Å². The van der Waals surface area contributed by atoms with Crippen molar-refractivity contribution in [1.29, 1.82) is 0 Å². The minimum Gasteiger partial charge on any atom is -0.465 e. The van der Waals surface area contributed by atoms with Gasteiger partial charge in [-0.1, -0.05) is 12.1 Å². The molecule has 8 heteroatoms. The number of ether oxygens (including phenoxy) is 1. The molecule has 25 heavy (non-hydrogen) atoms. The Bertz CT molecular complexity index is 973. The van der Waals surface area contributed by atoms with E-state index in [1.807, 2.05) is 0 Å². The van der Waals surface area contributed by atoms with Gasteiger partial charge in [-0.15, -0.1) is 0 Å². The van der Waals surface area contributed by atoms with Crippen molar-refractivity contribution in [2.24, 2.45) is 0 Å². The largest absolute Gasteiger partial charge is 0.465 e. The van der Waals surface area contributed by atoms with Gasteiger partial charge >= 0.3 is 5.97 Å². The number of carbonyl (C=O) groups is 2. The van der Waals surface area contributed by atoms with Gasteiger partial charge in [-0.05, 0) is 32.9 Å². The molecule has 7 nitrogen and oxygen atoms in total. The highest BCUT2D eigenvalue weighted by Crippen LogP contribution is 2.29. The number of sulfonamides is 1. The van der Waals surface area contributed by atoms with E-state index in [4.69, 9.17) is 9.15 Å². The fourth-order valence-electron chi connectivity index (χ4n) is 2.84. The average molecular weight is 363 g/mol. The summed E-state index contributed by atoms with van der Waals surface area (Å²) >= 11 is 0. The first-order valence-corrected chi connectivity index (χ1v) is 9.09. The van der Waals surface area contributed by atoms with E-state index in [1.165, 1.54) is 12.1 Å². The molecular formula is C17H17NO6S. The highest BCUT2D eigenvalue weighted by molar-refractivity contribution is 7.90. The van der Waals surface area contributed by atoms with Crippen LogP contribution in [0, 0.1) is 20.8 Å². The second-order valence-electron chi connectivity index (χ2n) is 5.73. The fourth-order valence-corrected chi connectivity index (χ4v) is 4.39. The lowest BCUT2D eigenvalue weighted by atomic mass is 10.1. The van der Waals surface area contributed by atoms with Crippen molar-refractivity contribution < 1.29 is 27.2 Å². The van der Waals surface area contributed by atoms with E-state index in [0.717, 1.165) is 4.31 Å². The van der Waals surface area contributed by atoms with Crippen molar-refractivity contribution in [3.63, 3.8) is 0 Å². The van der Waals surface area contributed by atoms with Gasteiger partial charge in [0.1, 0.15) is 28.6 Å². The number of benzene rings is 1. The minimum atomic E-state index is -3.90. The number of hydrogen-bond acceptors (Lipinski definition) is 6. The lowest BCUT2D eigenvalue weighted by Gasteiger charge is -2.15. The van der Waals surface area contributed by atoms with E-state index in [1.54, 1.807) is 32.9 Å². The Hall–Kier alpha value is -2.61. The first kappa shape index (κ1) is 17.2. The number of esters is 1. The van der Waals surface area contributed by atoms with Gasteiger partial charge in [-0.2, -0.15) is 0 Å². The first-order valence-electron chi connectivity index (χ1n) is 7.65. The molecule has 1 aromatic carbocycles. The zero-order valence-corrected chi connectivity index (χ0v) is 14.8. The predicted octanol–water partition coefficient (Wildman–Crippen LogP) is 2.21. The van der Waals surface area contributed by atoms with Gasteiger partial charge in [-0.3, -0.25) is 4.79 Å². The number of carbonyl (C=O) groups excluding carboxylic acids is 2. The van der Waals surface area contributed by atoms with Gasteiger partial charge in [0.15, 0.2) is 0 Å². The maximum absolute atomic E-state index is 12.4. The second kappa shape index (κ2) is 6.03. The van der Waals surface area contributed by atoms with Crippen LogP contribution >= 0.6 is 0 Å². The minimum absolute atomic E-state index is 0.0246. The summed E-state index contributed by atoms with van der Waals surface area (Å²) in [6.07, 6.45) is 0. The van der Waals surface area contributed by atoms with Crippen LogP contribution in [0.3, 0.4) is 0 Å². The average Bonchev–Trinajstić information content (AvgIpc) is 2.92. The molecule has 2 aromatic rings. The fraction of sp³-hybridized carbons (Fsp3) is 0.294. The van der Waals surface area contributed by atoms with Crippen LogP contribution in [0.2, 0.25) is 0 Å². The molecule has 0 saturated carbocycles. The molecule has 0 unspecified atom stereocenters. The van der Waals surface area contributed by atoms with E-state index in [2.05, 4.69) is 0 Å². The van der Waals surface area contributed by atoms with Gasteiger partial charge in [-0.25, -0.2) is 17.5 Å². The molecule has 1 amide bonds. The lowest BCUT2D eigenvalue weighted by molar-refractivity contribution is 0.0475. The van der Waals surface area contributed by atoms with Crippen molar-refractivity contribution >= 4 is 21.9 Å². The van der Waals surface area contributed by atoms with Crippen LogP contribution in [-0.4, -0.2) is 37.8 Å². The number of amides is 1. The molecule has 1 aliphatic heterocycles. The van der Waals surface area contributed by atoms with Gasteiger partial charge in [0.05, 0.1) is 12.1 Å². The second-order valence-corrected chi connectivity index (χ2v) is 7.56. The normalized spacial score (nSPS) is 15.3. The van der Waals surface area contributed by atoms with Gasteiger partial charge < -0.3 is 9.15 Å². The van der Waals surface area contributed by atoms with Crippen molar-refractivity contribution in [2.45, 2.75) is 25.7 Å². The molecule has 1 aromatic heterocycles. The van der Waals surface area contributed by atoms with E-state index < -0.39 is 21.9 Å². The van der Waals surface area contributed by atoms with Crippen molar-refractivity contribution in [2.75, 3.05) is 13.2 Å². The van der Waals surface area contributed by atoms with Crippen LogP contribution < -0.4 is 0 Å². The van der Waals surface area contributed by atoms with E-state index >= 15 is 0 Å². The highest BCUT2D eigenvalue weighted by atomic mass is 32.2. The van der Waals surface area contributed by atoms with Crippen LogP contribution in [0.5, 0.6) is 0 Å². The van der Waals surface area contributed by atoms with Crippen molar-refractivity contribution in [3.8, 4) is 0 Å². The van der Waals surface area contributed by atoms with Crippen LogP contribution in [-0.2, 0) is 14.8 Å². The quantitative estimate of drug-likeness (QED) is 0.773. The van der Waals surface area contributed by atoms with Crippen molar-refractivity contribution in [3.05, 3.63) is 52.5 Å². The molecule has 0 N–H and O–H groups in total. The molecule has 0 fully saturated rings. The zero-order valence-electron chi connectivity index (χ0n) is 14.0. The summed E-state index contributed by atoms with van der Waals surface area (Å²) in [6, 6.07) is 6.00. The molecule has 0 saturated heterocycles. The first-order chi connectivity index (χ1) is 11.7. The summed E-state index contributed by atoms with van der Waals surface area (Å²) < 4.78 is 36.1. The zero-order chi connectivity index (χ0) is 18.4. The highest BCUT2D eigenvalue weighted by Gasteiger charge is 2.40. The maximum atomic E-state index is 12.4. The molecule has 1 aliphatic rings. The molecule has 0 atom stereocenters. The number of furan rings is 1. The van der Waals surface area contributed by atoms with Crippen LogP contribution in [0.4, 0.5) is 0 Å². The summed E-state index contributed by atoms with van der Waals surface area (Å²) in [5.74, 6) is -0.152. The van der Waals surface area contributed by atoms with Crippen molar-refractivity contribution in [1.82, 2.24) is 4.31 Å². The number of aryl methyl sites for hydroxylation is 2. The van der Waals surface area contributed by atoms with Crippen LogP contribution in [0.15, 0.2) is 33.6 Å². The predicted molar refractivity (Wildman–Crippen MR) is 87.9 cm³/mol. The Morgan fingerprint density at radius 2 is 1.84 bits per heavy atom. The Kier molecular flexibility index (Phi) is 4.16. The summed E-state index contributed by atoms with van der Waals surface area (Å²) in [7, 11) is -3.90. The molecule has 0 radical (unpaired) electrons. The SMILES string of the molecule is Cc1oc(C)c(C(=O)OCCN2C(=O)c3ccccc3S2(=O)=O)c1C. The van der Waals surface area contributed by atoms with Crippen LogP contribution in [0.25, 0.3) is 0 Å². The molecule has 3 rings (SSSR count). The summed E-state index contributed by atoms with van der Waals surface area (Å²) in [6.45, 7) is 4.67. The molecule has 0 spiro atoms. The number of nitrogens with zero attached hydrogens (tertiary/aromatic N) is 1. The van der Waals surface area contributed by atoms with Gasteiger partial charge in [0, 0.05) is 5.56 Å². The van der Waals surface area contributed by atoms with Gasteiger partial charge in [0.2, 0.25) is 0 Å². The Labute approximate surface area is 145 Å². The summed E-state index contributed by atoms with van der Waals surface area (Å²) in [5.41, 5.74) is 1.14. The molecular weight excluding hydrogens is 346 g/mol. The number of fused-ring (bicyclic) bond motifs is 1. The Morgan fingerprint density at radius 3 is 2.44 bits per heavy atom. The third-order valence-electron chi connectivity index (χ3n) is 4.21. The Morgan fingerprint density at radius 1 is 1.16 bits per heavy atom.